The van der Waals surface area contributed by atoms with E-state index in [2.05, 4.69) is 19.9 Å². The Labute approximate surface area is 182 Å². The van der Waals surface area contributed by atoms with Gasteiger partial charge in [0.1, 0.15) is 16.8 Å². The Morgan fingerprint density at radius 3 is 2.45 bits per heavy atom. The third-order valence-electron chi connectivity index (χ3n) is 5.19. The number of alkyl halides is 3. The van der Waals surface area contributed by atoms with E-state index in [1.165, 1.54) is 0 Å². The van der Waals surface area contributed by atoms with Crippen molar-refractivity contribution in [3.63, 3.8) is 0 Å². The van der Waals surface area contributed by atoms with Crippen LogP contribution >= 0.6 is 11.6 Å². The lowest BCUT2D eigenvalue weighted by Gasteiger charge is -2.31. The van der Waals surface area contributed by atoms with Crippen LogP contribution in [0.25, 0.3) is 11.1 Å². The van der Waals surface area contributed by atoms with Gasteiger partial charge in [0.25, 0.3) is 0 Å². The number of nitrogens with zero attached hydrogens (tertiary/aromatic N) is 6. The minimum Gasteiger partial charge on any atom is -0.363 e. The predicted octanol–water partition coefficient (Wildman–Crippen LogP) is 4.54. The van der Waals surface area contributed by atoms with Crippen LogP contribution in [0.5, 0.6) is 0 Å². The molecule has 0 fully saturated rings. The maximum absolute atomic E-state index is 13.2. The molecule has 0 amide bonds. The molecule has 0 spiro atoms. The van der Waals surface area contributed by atoms with Crippen molar-refractivity contribution in [2.45, 2.75) is 26.1 Å². The van der Waals surface area contributed by atoms with Crippen LogP contribution in [0.4, 0.5) is 24.8 Å². The predicted molar refractivity (Wildman–Crippen MR) is 113 cm³/mol. The number of rotatable bonds is 3. The summed E-state index contributed by atoms with van der Waals surface area (Å²) in [6.45, 7) is 2.49. The van der Waals surface area contributed by atoms with Gasteiger partial charge in [0, 0.05) is 68.4 Å². The second-order valence-corrected chi connectivity index (χ2v) is 7.94. The van der Waals surface area contributed by atoms with Crippen LogP contribution in [0.1, 0.15) is 22.6 Å². The van der Waals surface area contributed by atoms with E-state index in [1.807, 2.05) is 37.2 Å². The van der Waals surface area contributed by atoms with E-state index < -0.39 is 12.0 Å². The first-order valence-electron chi connectivity index (χ1n) is 9.61. The van der Waals surface area contributed by atoms with Gasteiger partial charge in [-0.15, -0.1) is 0 Å². The SMILES string of the molecule is Cc1c(Cl)nc(C(F)(F)F)nc1N1CCc2ncc(-c3ccc(N(C)C)nc3)cc2C1. The molecule has 0 atom stereocenters. The summed E-state index contributed by atoms with van der Waals surface area (Å²) >= 11 is 5.98. The molecule has 31 heavy (non-hydrogen) atoms. The van der Waals surface area contributed by atoms with Crippen molar-refractivity contribution < 1.29 is 13.2 Å². The topological polar surface area (TPSA) is 58.0 Å². The van der Waals surface area contributed by atoms with Gasteiger partial charge in [-0.1, -0.05) is 11.6 Å². The van der Waals surface area contributed by atoms with Crippen molar-refractivity contribution in [2.75, 3.05) is 30.4 Å². The highest BCUT2D eigenvalue weighted by Crippen LogP contribution is 2.34. The highest BCUT2D eigenvalue weighted by molar-refractivity contribution is 6.30. The molecule has 3 aromatic rings. The number of aromatic nitrogens is 4. The Hall–Kier alpha value is -2.94. The van der Waals surface area contributed by atoms with E-state index in [4.69, 9.17) is 11.6 Å². The molecule has 0 aromatic carbocycles. The number of hydrogen-bond acceptors (Lipinski definition) is 6. The van der Waals surface area contributed by atoms with Crippen LogP contribution < -0.4 is 9.80 Å². The van der Waals surface area contributed by atoms with Gasteiger partial charge in [0.05, 0.1) is 0 Å². The maximum Gasteiger partial charge on any atom is 0.451 e. The lowest BCUT2D eigenvalue weighted by Crippen LogP contribution is -2.33. The molecule has 0 saturated carbocycles. The monoisotopic (exact) mass is 448 g/mol. The van der Waals surface area contributed by atoms with Gasteiger partial charge in [-0.2, -0.15) is 13.2 Å². The van der Waals surface area contributed by atoms with E-state index >= 15 is 0 Å². The quantitative estimate of drug-likeness (QED) is 0.548. The van der Waals surface area contributed by atoms with Gasteiger partial charge in [-0.05, 0) is 30.7 Å². The second-order valence-electron chi connectivity index (χ2n) is 7.59. The Morgan fingerprint density at radius 2 is 1.81 bits per heavy atom. The van der Waals surface area contributed by atoms with Crippen LogP contribution in [0, 0.1) is 6.92 Å². The third kappa shape index (κ3) is 4.27. The molecule has 1 aliphatic heterocycles. The minimum atomic E-state index is -4.67. The summed E-state index contributed by atoms with van der Waals surface area (Å²) in [5.41, 5.74) is 4.09. The molecule has 10 heteroatoms. The summed E-state index contributed by atoms with van der Waals surface area (Å²) in [7, 11) is 3.84. The third-order valence-corrected chi connectivity index (χ3v) is 5.56. The van der Waals surface area contributed by atoms with Crippen LogP contribution in [0.2, 0.25) is 5.15 Å². The second kappa shape index (κ2) is 7.96. The summed E-state index contributed by atoms with van der Waals surface area (Å²) in [6, 6.07) is 5.89. The zero-order valence-electron chi connectivity index (χ0n) is 17.2. The minimum absolute atomic E-state index is 0.193. The van der Waals surface area contributed by atoms with Crippen molar-refractivity contribution in [1.29, 1.82) is 0 Å². The highest BCUT2D eigenvalue weighted by atomic mass is 35.5. The molecule has 3 aromatic heterocycles. The zero-order valence-corrected chi connectivity index (χ0v) is 18.0. The van der Waals surface area contributed by atoms with Crippen molar-refractivity contribution >= 4 is 23.2 Å². The normalized spacial score (nSPS) is 13.8. The average Bonchev–Trinajstić information content (AvgIpc) is 2.74. The Morgan fingerprint density at radius 1 is 1.06 bits per heavy atom. The summed E-state index contributed by atoms with van der Waals surface area (Å²) in [5.74, 6) is -0.194. The molecule has 162 valence electrons. The fourth-order valence-corrected chi connectivity index (χ4v) is 3.66. The number of anilines is 2. The fourth-order valence-electron chi connectivity index (χ4n) is 3.50. The van der Waals surface area contributed by atoms with Gasteiger partial charge in [-0.3, -0.25) is 4.98 Å². The maximum atomic E-state index is 13.2. The first-order chi connectivity index (χ1) is 14.6. The number of hydrogen-bond donors (Lipinski definition) is 0. The molecule has 0 N–H and O–H groups in total. The molecule has 0 aliphatic carbocycles. The molecule has 0 radical (unpaired) electrons. The molecule has 4 heterocycles. The Bertz CT molecular complexity index is 1120. The molecule has 4 rings (SSSR count). The lowest BCUT2D eigenvalue weighted by molar-refractivity contribution is -0.144. The van der Waals surface area contributed by atoms with E-state index in [9.17, 15) is 13.2 Å². The lowest BCUT2D eigenvalue weighted by atomic mass is 10.0. The van der Waals surface area contributed by atoms with Crippen molar-refractivity contribution in [3.05, 3.63) is 58.4 Å². The summed E-state index contributed by atoms with van der Waals surface area (Å²) in [5, 5.41) is -0.193. The van der Waals surface area contributed by atoms with Crippen molar-refractivity contribution in [1.82, 2.24) is 19.9 Å². The summed E-state index contributed by atoms with van der Waals surface area (Å²) in [4.78, 5) is 19.9. The van der Waals surface area contributed by atoms with Gasteiger partial charge >= 0.3 is 6.18 Å². The van der Waals surface area contributed by atoms with E-state index in [-0.39, 0.29) is 11.0 Å². The van der Waals surface area contributed by atoms with E-state index in [0.29, 0.717) is 25.1 Å². The molecule has 0 unspecified atom stereocenters. The molecular weight excluding hydrogens is 429 g/mol. The van der Waals surface area contributed by atoms with E-state index in [1.54, 1.807) is 24.2 Å². The standard InChI is InChI=1S/C21H20ClF3N6/c1-12-18(22)28-20(21(23,24)25)29-19(12)31-7-6-16-15(11-31)8-14(10-26-16)13-4-5-17(27-9-13)30(2)3/h4-5,8-10H,6-7,11H2,1-3H3. The van der Waals surface area contributed by atoms with Gasteiger partial charge < -0.3 is 9.80 Å². The molecular formula is C21H20ClF3N6. The van der Waals surface area contributed by atoms with Crippen LogP contribution in [0.3, 0.4) is 0 Å². The number of halogens is 4. The molecule has 0 bridgehead atoms. The van der Waals surface area contributed by atoms with Gasteiger partial charge in [0.15, 0.2) is 0 Å². The first kappa shape index (κ1) is 21.3. The van der Waals surface area contributed by atoms with Crippen LogP contribution in [0.15, 0.2) is 30.6 Å². The van der Waals surface area contributed by atoms with Crippen molar-refractivity contribution in [2.24, 2.45) is 0 Å². The Kier molecular flexibility index (Phi) is 5.47. The van der Waals surface area contributed by atoms with Crippen molar-refractivity contribution in [3.8, 4) is 11.1 Å². The fraction of sp³-hybridized carbons (Fsp3) is 0.333. The highest BCUT2D eigenvalue weighted by Gasteiger charge is 2.36. The largest absolute Gasteiger partial charge is 0.451 e. The smallest absolute Gasteiger partial charge is 0.363 e. The molecule has 0 saturated heterocycles. The zero-order chi connectivity index (χ0) is 22.3. The number of pyridine rings is 2. The average molecular weight is 449 g/mol. The first-order valence-corrected chi connectivity index (χ1v) is 9.99. The summed E-state index contributed by atoms with van der Waals surface area (Å²) < 4.78 is 39.6. The number of fused-ring (bicyclic) bond motifs is 1. The van der Waals surface area contributed by atoms with Crippen LogP contribution in [-0.2, 0) is 19.1 Å². The van der Waals surface area contributed by atoms with E-state index in [0.717, 1.165) is 28.2 Å². The molecule has 6 nitrogen and oxygen atoms in total. The summed E-state index contributed by atoms with van der Waals surface area (Å²) in [6.07, 6.45) is -0.491. The van der Waals surface area contributed by atoms with Crippen LogP contribution in [-0.4, -0.2) is 40.6 Å². The van der Waals surface area contributed by atoms with Gasteiger partial charge in [0.2, 0.25) is 5.82 Å². The Balaban J connectivity index is 1.66. The molecule has 1 aliphatic rings. The van der Waals surface area contributed by atoms with Gasteiger partial charge in [-0.25, -0.2) is 15.0 Å².